The Morgan fingerprint density at radius 1 is 0.636 bits per heavy atom. The number of unbranched alkanes of at least 4 members (excludes halogenated alkanes) is 4. The fourth-order valence-corrected chi connectivity index (χ4v) is 7.15. The Kier molecular flexibility index (Phi) is 11.7. The van der Waals surface area contributed by atoms with Crippen LogP contribution in [0.3, 0.4) is 0 Å². The molecule has 0 amide bonds. The van der Waals surface area contributed by atoms with E-state index < -0.39 is 0 Å². The molecule has 2 saturated heterocycles. The maximum Gasteiger partial charge on any atom is 0.0835 e. The molecule has 33 heavy (non-hydrogen) atoms. The molecule has 2 aliphatic heterocycles. The molecular formula is C31H64N2+2. The van der Waals surface area contributed by atoms with Crippen LogP contribution in [0.5, 0.6) is 0 Å². The van der Waals surface area contributed by atoms with Crippen molar-refractivity contribution in [2.45, 2.75) is 144 Å². The molecular weight excluding hydrogens is 400 g/mol. The first-order valence-electron chi connectivity index (χ1n) is 15.2. The van der Waals surface area contributed by atoms with E-state index in [9.17, 15) is 0 Å². The van der Waals surface area contributed by atoms with Crippen molar-refractivity contribution in [2.75, 3.05) is 39.8 Å². The Labute approximate surface area is 210 Å². The minimum Gasteiger partial charge on any atom is -0.326 e. The number of likely N-dealkylation sites (tertiary alicyclic amines) is 2. The average molecular weight is 465 g/mol. The number of rotatable bonds is 13. The van der Waals surface area contributed by atoms with Gasteiger partial charge in [0.1, 0.15) is 0 Å². The second-order valence-electron chi connectivity index (χ2n) is 14.4. The quantitative estimate of drug-likeness (QED) is 0.189. The number of piperidine rings is 2. The second kappa shape index (κ2) is 13.3. The Morgan fingerprint density at radius 2 is 1.09 bits per heavy atom. The molecule has 0 aromatic rings. The summed E-state index contributed by atoms with van der Waals surface area (Å²) in [7, 11) is 2.55. The van der Waals surface area contributed by atoms with Crippen LogP contribution in [0.4, 0.5) is 0 Å². The molecule has 0 atom stereocenters. The first-order valence-corrected chi connectivity index (χ1v) is 15.2. The van der Waals surface area contributed by atoms with Gasteiger partial charge in [0.15, 0.2) is 0 Å². The molecule has 0 spiro atoms. The first-order chi connectivity index (χ1) is 15.5. The topological polar surface area (TPSA) is 0 Å². The molecule has 0 aliphatic carbocycles. The molecule has 0 aromatic heterocycles. The van der Waals surface area contributed by atoms with E-state index in [1.165, 1.54) is 125 Å². The van der Waals surface area contributed by atoms with E-state index in [2.05, 4.69) is 55.5 Å². The fourth-order valence-electron chi connectivity index (χ4n) is 7.15. The summed E-state index contributed by atoms with van der Waals surface area (Å²) in [6.07, 6.45) is 19.1. The molecule has 0 radical (unpaired) electrons. The van der Waals surface area contributed by atoms with E-state index >= 15 is 0 Å². The molecule has 0 bridgehead atoms. The van der Waals surface area contributed by atoms with Gasteiger partial charge in [-0.2, -0.15) is 0 Å². The van der Waals surface area contributed by atoms with Gasteiger partial charge >= 0.3 is 0 Å². The van der Waals surface area contributed by atoms with Gasteiger partial charge in [0.2, 0.25) is 0 Å². The number of hydrogen-bond donors (Lipinski definition) is 0. The van der Waals surface area contributed by atoms with Crippen LogP contribution in [0.25, 0.3) is 0 Å². The molecule has 196 valence electrons. The largest absolute Gasteiger partial charge is 0.326 e. The summed E-state index contributed by atoms with van der Waals surface area (Å²) < 4.78 is 2.73. The zero-order chi connectivity index (χ0) is 24.5. The Balaban J connectivity index is 1.54. The molecule has 0 unspecified atom stereocenters. The lowest BCUT2D eigenvalue weighted by atomic mass is 9.85. The zero-order valence-electron chi connectivity index (χ0n) is 24.4. The normalized spacial score (nSPS) is 26.9. The third-order valence-corrected chi connectivity index (χ3v) is 9.97. The zero-order valence-corrected chi connectivity index (χ0v) is 24.4. The lowest BCUT2D eigenvalue weighted by Gasteiger charge is -2.50. The maximum absolute atomic E-state index is 2.55. The van der Waals surface area contributed by atoms with Crippen molar-refractivity contribution in [2.24, 2.45) is 17.3 Å². The van der Waals surface area contributed by atoms with Crippen molar-refractivity contribution in [3.05, 3.63) is 0 Å². The number of nitrogens with zero attached hydrogens (tertiary/aromatic N) is 2. The van der Waals surface area contributed by atoms with Gasteiger partial charge in [-0.25, -0.2) is 0 Å². The van der Waals surface area contributed by atoms with E-state index in [0.29, 0.717) is 5.41 Å². The third-order valence-electron chi connectivity index (χ3n) is 9.97. The summed E-state index contributed by atoms with van der Waals surface area (Å²) in [6, 6.07) is 1.57. The monoisotopic (exact) mass is 465 g/mol. The van der Waals surface area contributed by atoms with Crippen LogP contribution in [0.1, 0.15) is 132 Å². The molecule has 0 saturated carbocycles. The summed E-state index contributed by atoms with van der Waals surface area (Å²) in [6.45, 7) is 24.1. The minimum absolute atomic E-state index is 0.520. The van der Waals surface area contributed by atoms with Gasteiger partial charge in [-0.3, -0.25) is 0 Å². The summed E-state index contributed by atoms with van der Waals surface area (Å²) in [5.74, 6) is 2.04. The molecule has 2 fully saturated rings. The highest BCUT2D eigenvalue weighted by molar-refractivity contribution is 4.71. The van der Waals surface area contributed by atoms with Crippen LogP contribution in [-0.4, -0.2) is 60.8 Å². The molecule has 2 rings (SSSR count). The standard InChI is InChI=1S/C31H64N2/c1-27(2)33(28(3)4)25-19-30(20-26-33)16-14-15-29-17-23-32(8,24-18-29)22-13-11-9-10-12-21-31(5,6)7/h27-30H,9-26H2,1-8H3/q+2. The fraction of sp³-hybridized carbons (Fsp3) is 1.00. The molecule has 2 nitrogen and oxygen atoms in total. The van der Waals surface area contributed by atoms with Crippen molar-refractivity contribution in [1.82, 2.24) is 0 Å². The van der Waals surface area contributed by atoms with Crippen molar-refractivity contribution in [3.8, 4) is 0 Å². The maximum atomic E-state index is 2.55. The smallest absolute Gasteiger partial charge is 0.0835 e. The van der Waals surface area contributed by atoms with E-state index in [0.717, 1.165) is 23.9 Å². The highest BCUT2D eigenvalue weighted by atomic mass is 15.4. The highest BCUT2D eigenvalue weighted by Gasteiger charge is 2.38. The summed E-state index contributed by atoms with van der Waals surface area (Å²) in [5.41, 5.74) is 0.520. The van der Waals surface area contributed by atoms with Crippen LogP contribution < -0.4 is 0 Å². The van der Waals surface area contributed by atoms with Crippen LogP contribution >= 0.6 is 0 Å². The van der Waals surface area contributed by atoms with Crippen LogP contribution in [0.2, 0.25) is 0 Å². The van der Waals surface area contributed by atoms with Gasteiger partial charge in [0.05, 0.1) is 51.9 Å². The summed E-state index contributed by atoms with van der Waals surface area (Å²) >= 11 is 0. The average Bonchev–Trinajstić information content (AvgIpc) is 2.74. The van der Waals surface area contributed by atoms with Crippen LogP contribution in [-0.2, 0) is 0 Å². The Morgan fingerprint density at radius 3 is 1.58 bits per heavy atom. The highest BCUT2D eigenvalue weighted by Crippen LogP contribution is 2.33. The van der Waals surface area contributed by atoms with Gasteiger partial charge in [-0.05, 0) is 89.9 Å². The molecule has 2 heteroatoms. The van der Waals surface area contributed by atoms with Gasteiger partial charge in [0.25, 0.3) is 0 Å². The SMILES string of the molecule is CC(C)[N+]1(C(C)C)CCC(CCCC2CC[N+](C)(CCCCCCCC(C)(C)C)CC2)CC1. The number of hydrogen-bond acceptors (Lipinski definition) is 0. The first kappa shape index (κ1) is 29.2. The lowest BCUT2D eigenvalue weighted by molar-refractivity contribution is -0.971. The molecule has 0 N–H and O–H groups in total. The lowest BCUT2D eigenvalue weighted by Crippen LogP contribution is -2.61. The summed E-state index contributed by atoms with van der Waals surface area (Å²) in [5, 5.41) is 0. The number of quaternary nitrogens is 2. The van der Waals surface area contributed by atoms with Crippen molar-refractivity contribution in [3.63, 3.8) is 0 Å². The van der Waals surface area contributed by atoms with Crippen LogP contribution in [0.15, 0.2) is 0 Å². The van der Waals surface area contributed by atoms with E-state index in [-0.39, 0.29) is 0 Å². The van der Waals surface area contributed by atoms with Crippen molar-refractivity contribution >= 4 is 0 Å². The van der Waals surface area contributed by atoms with Gasteiger partial charge < -0.3 is 8.97 Å². The van der Waals surface area contributed by atoms with E-state index in [4.69, 9.17) is 0 Å². The van der Waals surface area contributed by atoms with Crippen LogP contribution in [0, 0.1) is 17.3 Å². The van der Waals surface area contributed by atoms with Crippen molar-refractivity contribution < 1.29 is 8.97 Å². The molecule has 2 aliphatic rings. The minimum atomic E-state index is 0.520. The molecule has 2 heterocycles. The van der Waals surface area contributed by atoms with Gasteiger partial charge in [0, 0.05) is 0 Å². The van der Waals surface area contributed by atoms with Crippen molar-refractivity contribution in [1.29, 1.82) is 0 Å². The molecule has 0 aromatic carbocycles. The van der Waals surface area contributed by atoms with E-state index in [1.807, 2.05) is 0 Å². The Bertz CT molecular complexity index is 504. The second-order valence-corrected chi connectivity index (χ2v) is 14.4. The third kappa shape index (κ3) is 9.83. The van der Waals surface area contributed by atoms with E-state index in [1.54, 1.807) is 0 Å². The Hall–Kier alpha value is -0.0800. The van der Waals surface area contributed by atoms with Gasteiger partial charge in [-0.1, -0.05) is 59.3 Å². The predicted molar refractivity (Wildman–Crippen MR) is 148 cm³/mol. The predicted octanol–water partition coefficient (Wildman–Crippen LogP) is 8.44. The van der Waals surface area contributed by atoms with Gasteiger partial charge in [-0.15, -0.1) is 0 Å². The summed E-state index contributed by atoms with van der Waals surface area (Å²) in [4.78, 5) is 0.